The molecule has 1 aromatic rings. The van der Waals surface area contributed by atoms with Gasteiger partial charge in [0.1, 0.15) is 4.90 Å². The number of sulfonamides is 1. The zero-order valence-electron chi connectivity index (χ0n) is 13.3. The summed E-state index contributed by atoms with van der Waals surface area (Å²) in [7, 11) is -3.47. The van der Waals surface area contributed by atoms with Crippen LogP contribution in [0, 0.1) is 5.41 Å². The van der Waals surface area contributed by atoms with Crippen LogP contribution in [0.1, 0.15) is 45.9 Å². The Bertz CT molecular complexity index is 566. The van der Waals surface area contributed by atoms with Gasteiger partial charge in [0.2, 0.25) is 10.0 Å². The molecule has 122 valence electrons. The molecule has 1 aromatic heterocycles. The lowest BCUT2D eigenvalue weighted by molar-refractivity contribution is 0.350. The molecule has 0 bridgehead atoms. The second kappa shape index (κ2) is 7.55. The van der Waals surface area contributed by atoms with E-state index in [1.54, 1.807) is 6.07 Å². The highest BCUT2D eigenvalue weighted by Crippen LogP contribution is 2.32. The molecule has 0 aliphatic rings. The van der Waals surface area contributed by atoms with Gasteiger partial charge in [0.25, 0.3) is 0 Å². The fraction of sp³-hybridized carbons (Fsp3) is 0.714. The van der Waals surface area contributed by atoms with Crippen molar-refractivity contribution in [2.45, 2.75) is 58.5 Å². The van der Waals surface area contributed by atoms with Crippen LogP contribution < -0.4 is 10.0 Å². The molecule has 2 N–H and O–H groups in total. The first kappa shape index (κ1) is 19.1. The maximum Gasteiger partial charge on any atom is 0.242 e. The minimum absolute atomic E-state index is 0.0441. The highest BCUT2D eigenvalue weighted by atomic mass is 79.9. The van der Waals surface area contributed by atoms with Crippen molar-refractivity contribution in [3.05, 3.63) is 14.7 Å². The standard InChI is InChI=1S/C14H25BrN2O2S2/c1-6-14(4,5)9-17-21(18,19)12-7-11(20-13(12)15)8-16-10(2)3/h7,10,16-17H,6,8-9H2,1-5H3. The van der Waals surface area contributed by atoms with Gasteiger partial charge in [-0.25, -0.2) is 13.1 Å². The zero-order chi connectivity index (χ0) is 16.3. The highest BCUT2D eigenvalue weighted by Gasteiger charge is 2.24. The van der Waals surface area contributed by atoms with Gasteiger partial charge >= 0.3 is 0 Å². The van der Waals surface area contributed by atoms with Crippen molar-refractivity contribution in [1.29, 1.82) is 0 Å². The van der Waals surface area contributed by atoms with Crippen LogP contribution in [-0.4, -0.2) is 21.0 Å². The molecule has 0 aromatic carbocycles. The van der Waals surface area contributed by atoms with E-state index in [1.165, 1.54) is 11.3 Å². The van der Waals surface area contributed by atoms with Gasteiger partial charge in [-0.2, -0.15) is 0 Å². The third kappa shape index (κ3) is 5.98. The van der Waals surface area contributed by atoms with Gasteiger partial charge in [-0.1, -0.05) is 34.6 Å². The van der Waals surface area contributed by atoms with Crippen molar-refractivity contribution < 1.29 is 8.42 Å². The molecule has 1 rings (SSSR count). The Balaban J connectivity index is 2.84. The summed E-state index contributed by atoms with van der Waals surface area (Å²) in [6.07, 6.45) is 0.921. The van der Waals surface area contributed by atoms with Crippen molar-refractivity contribution in [2.24, 2.45) is 5.41 Å². The molecule has 7 heteroatoms. The Morgan fingerprint density at radius 3 is 2.52 bits per heavy atom. The van der Waals surface area contributed by atoms with Crippen LogP contribution in [0.2, 0.25) is 0 Å². The van der Waals surface area contributed by atoms with Crippen LogP contribution in [0.15, 0.2) is 14.7 Å². The Morgan fingerprint density at radius 1 is 1.38 bits per heavy atom. The van der Waals surface area contributed by atoms with E-state index in [9.17, 15) is 8.42 Å². The van der Waals surface area contributed by atoms with Crippen LogP contribution in [-0.2, 0) is 16.6 Å². The summed E-state index contributed by atoms with van der Waals surface area (Å²) in [6.45, 7) is 11.4. The average Bonchev–Trinajstić information content (AvgIpc) is 2.76. The normalized spacial score (nSPS) is 13.1. The monoisotopic (exact) mass is 396 g/mol. The molecular formula is C14H25BrN2O2S2. The average molecular weight is 397 g/mol. The summed E-state index contributed by atoms with van der Waals surface area (Å²) in [5.74, 6) is 0. The molecule has 4 nitrogen and oxygen atoms in total. The molecule has 0 unspecified atom stereocenters. The van der Waals surface area contributed by atoms with Crippen molar-refractivity contribution in [2.75, 3.05) is 6.54 Å². The minimum Gasteiger partial charge on any atom is -0.310 e. The van der Waals surface area contributed by atoms with Crippen molar-refractivity contribution in [3.8, 4) is 0 Å². The molecule has 0 atom stereocenters. The second-order valence-corrected chi connectivity index (χ2v) is 10.4. The first-order chi connectivity index (χ1) is 9.57. The third-order valence-corrected chi connectivity index (χ3v) is 7.03. The van der Waals surface area contributed by atoms with Crippen LogP contribution in [0.5, 0.6) is 0 Å². The Hall–Kier alpha value is 0.0500. The molecule has 0 aliphatic carbocycles. The van der Waals surface area contributed by atoms with E-state index in [-0.39, 0.29) is 5.41 Å². The van der Waals surface area contributed by atoms with E-state index in [0.717, 1.165) is 11.3 Å². The number of nitrogens with one attached hydrogen (secondary N) is 2. The summed E-state index contributed by atoms with van der Waals surface area (Å²) in [4.78, 5) is 1.34. The number of hydrogen-bond donors (Lipinski definition) is 2. The predicted octanol–water partition coefficient (Wildman–Crippen LogP) is 3.72. The molecule has 1 heterocycles. The molecule has 21 heavy (non-hydrogen) atoms. The van der Waals surface area contributed by atoms with E-state index in [2.05, 4.69) is 60.6 Å². The second-order valence-electron chi connectivity index (χ2n) is 6.23. The van der Waals surface area contributed by atoms with Crippen LogP contribution in [0.4, 0.5) is 0 Å². The van der Waals surface area contributed by atoms with Crippen molar-refractivity contribution >= 4 is 37.3 Å². The van der Waals surface area contributed by atoms with Gasteiger partial charge in [0.05, 0.1) is 3.79 Å². The van der Waals surface area contributed by atoms with Gasteiger partial charge in [-0.15, -0.1) is 11.3 Å². The SMILES string of the molecule is CCC(C)(C)CNS(=O)(=O)c1cc(CNC(C)C)sc1Br. The van der Waals surface area contributed by atoms with Crippen molar-refractivity contribution in [1.82, 2.24) is 10.0 Å². The molecule has 0 saturated heterocycles. The van der Waals surface area contributed by atoms with E-state index >= 15 is 0 Å². The van der Waals surface area contributed by atoms with Crippen LogP contribution in [0.3, 0.4) is 0 Å². The first-order valence-electron chi connectivity index (χ1n) is 7.08. The van der Waals surface area contributed by atoms with Gasteiger partial charge in [0, 0.05) is 24.0 Å². The third-order valence-electron chi connectivity index (χ3n) is 3.38. The van der Waals surface area contributed by atoms with E-state index in [0.29, 0.717) is 27.8 Å². The lowest BCUT2D eigenvalue weighted by atomic mass is 9.91. The summed E-state index contributed by atoms with van der Waals surface area (Å²) in [5, 5.41) is 3.29. The minimum atomic E-state index is -3.47. The fourth-order valence-electron chi connectivity index (χ4n) is 1.47. The Morgan fingerprint density at radius 2 is 2.00 bits per heavy atom. The number of thiophene rings is 1. The molecule has 0 aliphatic heterocycles. The number of halogens is 1. The largest absolute Gasteiger partial charge is 0.310 e. The van der Waals surface area contributed by atoms with Gasteiger partial charge in [0.15, 0.2) is 0 Å². The Kier molecular flexibility index (Phi) is 6.86. The summed E-state index contributed by atoms with van der Waals surface area (Å²) in [6, 6.07) is 2.11. The molecule has 0 fully saturated rings. The maximum absolute atomic E-state index is 12.4. The van der Waals surface area contributed by atoms with Crippen LogP contribution in [0.25, 0.3) is 0 Å². The van der Waals surface area contributed by atoms with Gasteiger partial charge in [-0.3, -0.25) is 0 Å². The number of hydrogen-bond acceptors (Lipinski definition) is 4. The zero-order valence-corrected chi connectivity index (χ0v) is 16.5. The van der Waals surface area contributed by atoms with E-state index in [4.69, 9.17) is 0 Å². The highest BCUT2D eigenvalue weighted by molar-refractivity contribution is 9.11. The lowest BCUT2D eigenvalue weighted by Crippen LogP contribution is -2.33. The lowest BCUT2D eigenvalue weighted by Gasteiger charge is -2.22. The summed E-state index contributed by atoms with van der Waals surface area (Å²) in [5.41, 5.74) is -0.0441. The topological polar surface area (TPSA) is 58.2 Å². The van der Waals surface area contributed by atoms with Gasteiger partial charge in [-0.05, 0) is 33.8 Å². The molecule has 0 amide bonds. The van der Waals surface area contributed by atoms with Crippen LogP contribution >= 0.6 is 27.3 Å². The fourth-order valence-corrected chi connectivity index (χ4v) is 5.34. The summed E-state index contributed by atoms with van der Waals surface area (Å²) < 4.78 is 28.2. The summed E-state index contributed by atoms with van der Waals surface area (Å²) >= 11 is 4.83. The molecule has 0 saturated carbocycles. The van der Waals surface area contributed by atoms with Crippen molar-refractivity contribution in [3.63, 3.8) is 0 Å². The quantitative estimate of drug-likeness (QED) is 0.703. The van der Waals surface area contributed by atoms with E-state index < -0.39 is 10.0 Å². The molecule has 0 radical (unpaired) electrons. The van der Waals surface area contributed by atoms with E-state index in [1.807, 2.05) is 0 Å². The van der Waals surface area contributed by atoms with Gasteiger partial charge < -0.3 is 5.32 Å². The molecule has 0 spiro atoms. The number of rotatable bonds is 8. The Labute approximate surface area is 140 Å². The predicted molar refractivity (Wildman–Crippen MR) is 93.3 cm³/mol. The molecular weight excluding hydrogens is 372 g/mol. The first-order valence-corrected chi connectivity index (χ1v) is 10.2. The maximum atomic E-state index is 12.4. The smallest absolute Gasteiger partial charge is 0.242 e.